The molecule has 2 atom stereocenters. The third-order valence-corrected chi connectivity index (χ3v) is 3.41. The van der Waals surface area contributed by atoms with Crippen molar-refractivity contribution in [2.75, 3.05) is 26.4 Å². The maximum absolute atomic E-state index is 9.91. The van der Waals surface area contributed by atoms with Gasteiger partial charge in [0, 0.05) is 18.7 Å². The number of nitrogens with one attached hydrogen (secondary N) is 1. The van der Waals surface area contributed by atoms with Crippen LogP contribution in [0, 0.1) is 11.3 Å². The van der Waals surface area contributed by atoms with Crippen LogP contribution in [0.1, 0.15) is 18.9 Å². The van der Waals surface area contributed by atoms with Gasteiger partial charge in [0.05, 0.1) is 18.2 Å². The lowest BCUT2D eigenvalue weighted by Crippen LogP contribution is -2.47. The van der Waals surface area contributed by atoms with Crippen LogP contribution in [0.5, 0.6) is 5.75 Å². The zero-order chi connectivity index (χ0) is 14.4. The summed E-state index contributed by atoms with van der Waals surface area (Å²) in [7, 11) is 0. The highest BCUT2D eigenvalue weighted by molar-refractivity contribution is 5.34. The molecule has 5 heteroatoms. The minimum atomic E-state index is -0.580. The van der Waals surface area contributed by atoms with Gasteiger partial charge in [-0.05, 0) is 37.6 Å². The highest BCUT2D eigenvalue weighted by atomic mass is 16.5. The van der Waals surface area contributed by atoms with Crippen LogP contribution in [0.15, 0.2) is 24.3 Å². The summed E-state index contributed by atoms with van der Waals surface area (Å²) in [4.78, 5) is 0. The summed E-state index contributed by atoms with van der Waals surface area (Å²) >= 11 is 0. The summed E-state index contributed by atoms with van der Waals surface area (Å²) < 4.78 is 10.8. The predicted molar refractivity (Wildman–Crippen MR) is 74.5 cm³/mol. The van der Waals surface area contributed by atoms with Crippen LogP contribution in [0.25, 0.3) is 0 Å². The average molecular weight is 276 g/mol. The number of nitriles is 1. The fourth-order valence-electron chi connectivity index (χ4n) is 2.05. The van der Waals surface area contributed by atoms with Crippen LogP contribution in [-0.4, -0.2) is 43.1 Å². The molecule has 2 unspecified atom stereocenters. The van der Waals surface area contributed by atoms with Crippen LogP contribution in [-0.2, 0) is 4.74 Å². The number of benzene rings is 1. The Balaban J connectivity index is 1.71. The number of rotatable bonds is 6. The van der Waals surface area contributed by atoms with Crippen LogP contribution in [0.4, 0.5) is 0 Å². The molecule has 0 radical (unpaired) electrons. The SMILES string of the molecule is CC1(NCC(O)COc2ccc(C#N)cc2)CCOC1. The Bertz CT molecular complexity index is 461. The molecule has 1 saturated heterocycles. The second-order valence-corrected chi connectivity index (χ2v) is 5.35. The van der Waals surface area contributed by atoms with Crippen LogP contribution in [0.2, 0.25) is 0 Å². The van der Waals surface area contributed by atoms with E-state index < -0.39 is 6.10 Å². The van der Waals surface area contributed by atoms with E-state index in [9.17, 15) is 5.11 Å². The van der Waals surface area contributed by atoms with Gasteiger partial charge in [0.25, 0.3) is 0 Å². The predicted octanol–water partition coefficient (Wildman–Crippen LogP) is 1.07. The Labute approximate surface area is 119 Å². The summed E-state index contributed by atoms with van der Waals surface area (Å²) in [5.74, 6) is 0.651. The van der Waals surface area contributed by atoms with Crippen molar-refractivity contribution in [2.45, 2.75) is 25.0 Å². The van der Waals surface area contributed by atoms with Gasteiger partial charge in [-0.1, -0.05) is 0 Å². The van der Waals surface area contributed by atoms with E-state index in [1.54, 1.807) is 24.3 Å². The molecule has 0 saturated carbocycles. The first-order valence-corrected chi connectivity index (χ1v) is 6.75. The van der Waals surface area contributed by atoms with E-state index in [4.69, 9.17) is 14.7 Å². The molecule has 108 valence electrons. The van der Waals surface area contributed by atoms with Crippen LogP contribution >= 0.6 is 0 Å². The molecule has 2 N–H and O–H groups in total. The smallest absolute Gasteiger partial charge is 0.119 e. The first kappa shape index (κ1) is 14.8. The quantitative estimate of drug-likeness (QED) is 0.813. The second-order valence-electron chi connectivity index (χ2n) is 5.35. The monoisotopic (exact) mass is 276 g/mol. The molecule has 0 aromatic heterocycles. The van der Waals surface area contributed by atoms with Gasteiger partial charge in [0.1, 0.15) is 18.5 Å². The van der Waals surface area contributed by atoms with Crippen LogP contribution < -0.4 is 10.1 Å². The Hall–Kier alpha value is -1.61. The number of β-amino-alcohol motifs (C(OH)–C–C–N with tert-alkyl or cyclic N) is 1. The topological polar surface area (TPSA) is 74.5 Å². The molecule has 0 bridgehead atoms. The van der Waals surface area contributed by atoms with Crippen molar-refractivity contribution in [3.63, 3.8) is 0 Å². The summed E-state index contributed by atoms with van der Waals surface area (Å²) in [6.07, 6.45) is 0.374. The largest absolute Gasteiger partial charge is 0.491 e. The lowest BCUT2D eigenvalue weighted by molar-refractivity contribution is 0.0944. The zero-order valence-electron chi connectivity index (χ0n) is 11.6. The lowest BCUT2D eigenvalue weighted by Gasteiger charge is -2.25. The summed E-state index contributed by atoms with van der Waals surface area (Å²) in [6.45, 7) is 4.22. The van der Waals surface area contributed by atoms with E-state index in [-0.39, 0.29) is 12.1 Å². The molecule has 1 aromatic carbocycles. The van der Waals surface area contributed by atoms with Gasteiger partial charge in [-0.15, -0.1) is 0 Å². The number of aliphatic hydroxyl groups is 1. The Morgan fingerprint density at radius 1 is 1.50 bits per heavy atom. The maximum atomic E-state index is 9.91. The summed E-state index contributed by atoms with van der Waals surface area (Å²) in [5, 5.41) is 21.9. The fraction of sp³-hybridized carbons (Fsp3) is 0.533. The molecule has 2 rings (SSSR count). The first-order valence-electron chi connectivity index (χ1n) is 6.75. The lowest BCUT2D eigenvalue weighted by atomic mass is 10.0. The average Bonchev–Trinajstić information content (AvgIpc) is 2.91. The molecule has 1 aliphatic heterocycles. The minimum Gasteiger partial charge on any atom is -0.491 e. The van der Waals surface area contributed by atoms with Gasteiger partial charge in [0.15, 0.2) is 0 Å². The third-order valence-electron chi connectivity index (χ3n) is 3.41. The van der Waals surface area contributed by atoms with Gasteiger partial charge in [-0.25, -0.2) is 0 Å². The maximum Gasteiger partial charge on any atom is 0.119 e. The highest BCUT2D eigenvalue weighted by Gasteiger charge is 2.29. The minimum absolute atomic E-state index is 0.0462. The third kappa shape index (κ3) is 4.20. The van der Waals surface area contributed by atoms with Crippen molar-refractivity contribution in [2.24, 2.45) is 0 Å². The van der Waals surface area contributed by atoms with E-state index in [0.29, 0.717) is 24.5 Å². The van der Waals surface area contributed by atoms with Crippen molar-refractivity contribution in [3.8, 4) is 11.8 Å². The molecule has 0 aliphatic carbocycles. The molecule has 20 heavy (non-hydrogen) atoms. The molecule has 0 amide bonds. The molecule has 1 heterocycles. The number of hydrogen-bond acceptors (Lipinski definition) is 5. The van der Waals surface area contributed by atoms with Crippen LogP contribution in [0.3, 0.4) is 0 Å². The molecular formula is C15H20N2O3. The van der Waals surface area contributed by atoms with Crippen molar-refractivity contribution >= 4 is 0 Å². The van der Waals surface area contributed by atoms with E-state index in [1.165, 1.54) is 0 Å². The molecule has 1 aromatic rings. The Morgan fingerprint density at radius 2 is 2.25 bits per heavy atom. The Morgan fingerprint density at radius 3 is 2.85 bits per heavy atom. The molecule has 0 spiro atoms. The van der Waals surface area contributed by atoms with Gasteiger partial charge in [-0.3, -0.25) is 0 Å². The molecule has 1 aliphatic rings. The van der Waals surface area contributed by atoms with E-state index in [0.717, 1.165) is 13.0 Å². The first-order chi connectivity index (χ1) is 9.61. The van der Waals surface area contributed by atoms with Gasteiger partial charge < -0.3 is 19.9 Å². The van der Waals surface area contributed by atoms with E-state index in [2.05, 4.69) is 12.2 Å². The molecule has 5 nitrogen and oxygen atoms in total. The Kier molecular flexibility index (Phi) is 4.96. The molecule has 1 fully saturated rings. The van der Waals surface area contributed by atoms with E-state index in [1.807, 2.05) is 6.07 Å². The summed E-state index contributed by atoms with van der Waals surface area (Å²) in [5.41, 5.74) is 0.545. The number of ether oxygens (including phenoxy) is 2. The number of nitrogens with zero attached hydrogens (tertiary/aromatic N) is 1. The summed E-state index contributed by atoms with van der Waals surface area (Å²) in [6, 6.07) is 8.88. The van der Waals surface area contributed by atoms with Crippen molar-refractivity contribution in [1.82, 2.24) is 5.32 Å². The van der Waals surface area contributed by atoms with E-state index >= 15 is 0 Å². The van der Waals surface area contributed by atoms with Crippen molar-refractivity contribution < 1.29 is 14.6 Å². The fourth-order valence-corrected chi connectivity index (χ4v) is 2.05. The second kappa shape index (κ2) is 6.71. The number of aliphatic hydroxyl groups excluding tert-OH is 1. The van der Waals surface area contributed by atoms with Gasteiger partial charge >= 0.3 is 0 Å². The molecular weight excluding hydrogens is 256 g/mol. The normalized spacial score (nSPS) is 23.2. The zero-order valence-corrected chi connectivity index (χ0v) is 11.6. The van der Waals surface area contributed by atoms with Crippen molar-refractivity contribution in [1.29, 1.82) is 5.26 Å². The highest BCUT2D eigenvalue weighted by Crippen LogP contribution is 2.17. The van der Waals surface area contributed by atoms with Gasteiger partial charge in [0.2, 0.25) is 0 Å². The standard InChI is InChI=1S/C15H20N2O3/c1-15(6-7-19-11-15)17-9-13(18)10-20-14-4-2-12(8-16)3-5-14/h2-5,13,17-18H,6-7,9-11H2,1H3. The van der Waals surface area contributed by atoms with Crippen molar-refractivity contribution in [3.05, 3.63) is 29.8 Å². The van der Waals surface area contributed by atoms with Gasteiger partial charge in [-0.2, -0.15) is 5.26 Å². The number of hydrogen-bond donors (Lipinski definition) is 2.